The predicted octanol–water partition coefficient (Wildman–Crippen LogP) is -0.101. The van der Waals surface area contributed by atoms with Crippen LogP contribution in [0.2, 0.25) is 0 Å². The number of hydrogen-bond donors (Lipinski definition) is 3. The SMILES string of the molecule is C[C@H]1[C@@H](C(=O)O)CC[C@@]1(N)C(=O)O. The first kappa shape index (κ1) is 9.98. The molecule has 0 saturated heterocycles. The molecule has 1 aliphatic rings. The third-order valence-electron chi connectivity index (χ3n) is 3.00. The average Bonchev–Trinajstić information content (AvgIpc) is 2.30. The summed E-state index contributed by atoms with van der Waals surface area (Å²) in [5.41, 5.74) is 4.25. The standard InChI is InChI=1S/C8H13NO4/c1-4-5(6(10)11)2-3-8(4,9)7(12)13/h4-5H,2-3,9H2,1H3,(H,10,11)(H,12,13)/t4-,5-,8-/m0/s1. The van der Waals surface area contributed by atoms with E-state index in [1.807, 2.05) is 0 Å². The summed E-state index contributed by atoms with van der Waals surface area (Å²) in [6.07, 6.45) is 0.583. The Morgan fingerprint density at radius 3 is 2.23 bits per heavy atom. The summed E-state index contributed by atoms with van der Waals surface area (Å²) in [5, 5.41) is 17.6. The molecule has 0 aromatic rings. The van der Waals surface area contributed by atoms with Gasteiger partial charge in [0.05, 0.1) is 5.92 Å². The van der Waals surface area contributed by atoms with E-state index in [1.54, 1.807) is 6.92 Å². The van der Waals surface area contributed by atoms with Crippen LogP contribution >= 0.6 is 0 Å². The largest absolute Gasteiger partial charge is 0.481 e. The van der Waals surface area contributed by atoms with Crippen LogP contribution in [0.3, 0.4) is 0 Å². The molecular formula is C8H13NO4. The van der Waals surface area contributed by atoms with Gasteiger partial charge in [-0.2, -0.15) is 0 Å². The maximum atomic E-state index is 10.8. The number of aliphatic carboxylic acids is 2. The van der Waals surface area contributed by atoms with Crippen molar-refractivity contribution in [2.75, 3.05) is 0 Å². The van der Waals surface area contributed by atoms with E-state index in [-0.39, 0.29) is 6.42 Å². The molecule has 1 fully saturated rings. The van der Waals surface area contributed by atoms with Crippen molar-refractivity contribution in [2.45, 2.75) is 25.3 Å². The second-order valence-corrected chi connectivity index (χ2v) is 3.62. The highest BCUT2D eigenvalue weighted by Crippen LogP contribution is 2.38. The van der Waals surface area contributed by atoms with E-state index in [1.165, 1.54) is 0 Å². The van der Waals surface area contributed by atoms with Gasteiger partial charge in [0.25, 0.3) is 0 Å². The lowest BCUT2D eigenvalue weighted by molar-refractivity contribution is -0.147. The van der Waals surface area contributed by atoms with Gasteiger partial charge in [-0.05, 0) is 18.8 Å². The highest BCUT2D eigenvalue weighted by molar-refractivity contribution is 5.82. The third-order valence-corrected chi connectivity index (χ3v) is 3.00. The Balaban J connectivity index is 2.87. The molecule has 0 aromatic carbocycles. The molecule has 0 spiro atoms. The van der Waals surface area contributed by atoms with Crippen molar-refractivity contribution in [3.05, 3.63) is 0 Å². The van der Waals surface area contributed by atoms with Crippen LogP contribution in [-0.2, 0) is 9.59 Å². The molecule has 0 unspecified atom stereocenters. The summed E-state index contributed by atoms with van der Waals surface area (Å²) in [6.45, 7) is 1.58. The third kappa shape index (κ3) is 1.39. The van der Waals surface area contributed by atoms with Crippen molar-refractivity contribution in [1.82, 2.24) is 0 Å². The summed E-state index contributed by atoms with van der Waals surface area (Å²) in [4.78, 5) is 21.5. The van der Waals surface area contributed by atoms with Gasteiger partial charge in [-0.3, -0.25) is 9.59 Å². The first-order valence-corrected chi connectivity index (χ1v) is 4.14. The molecule has 74 valence electrons. The predicted molar refractivity (Wildman–Crippen MR) is 44.1 cm³/mol. The highest BCUT2D eigenvalue weighted by atomic mass is 16.4. The Morgan fingerprint density at radius 2 is 2.00 bits per heavy atom. The minimum Gasteiger partial charge on any atom is -0.481 e. The zero-order valence-electron chi connectivity index (χ0n) is 7.36. The molecule has 3 atom stereocenters. The van der Waals surface area contributed by atoms with Gasteiger partial charge in [0.1, 0.15) is 5.54 Å². The fraction of sp³-hybridized carbons (Fsp3) is 0.750. The van der Waals surface area contributed by atoms with Crippen molar-refractivity contribution in [2.24, 2.45) is 17.6 Å². The van der Waals surface area contributed by atoms with Gasteiger partial charge in [0.2, 0.25) is 0 Å². The van der Waals surface area contributed by atoms with Crippen molar-refractivity contribution >= 4 is 11.9 Å². The molecule has 0 amide bonds. The molecule has 4 N–H and O–H groups in total. The lowest BCUT2D eigenvalue weighted by atomic mass is 9.85. The molecule has 5 nitrogen and oxygen atoms in total. The van der Waals surface area contributed by atoms with E-state index in [0.29, 0.717) is 6.42 Å². The Kier molecular flexibility index (Phi) is 2.30. The van der Waals surface area contributed by atoms with Crippen LogP contribution in [0.25, 0.3) is 0 Å². The van der Waals surface area contributed by atoms with Crippen LogP contribution in [-0.4, -0.2) is 27.7 Å². The van der Waals surface area contributed by atoms with Gasteiger partial charge in [-0.25, -0.2) is 0 Å². The van der Waals surface area contributed by atoms with Gasteiger partial charge in [0.15, 0.2) is 0 Å². The van der Waals surface area contributed by atoms with E-state index in [9.17, 15) is 9.59 Å². The van der Waals surface area contributed by atoms with Crippen molar-refractivity contribution in [3.8, 4) is 0 Å². The van der Waals surface area contributed by atoms with Crippen LogP contribution in [0.15, 0.2) is 0 Å². The monoisotopic (exact) mass is 187 g/mol. The second-order valence-electron chi connectivity index (χ2n) is 3.62. The summed E-state index contributed by atoms with van der Waals surface area (Å²) < 4.78 is 0. The first-order chi connectivity index (χ1) is 5.89. The topological polar surface area (TPSA) is 101 Å². The van der Waals surface area contributed by atoms with E-state index in [0.717, 1.165) is 0 Å². The van der Waals surface area contributed by atoms with E-state index < -0.39 is 29.3 Å². The molecule has 13 heavy (non-hydrogen) atoms. The van der Waals surface area contributed by atoms with Crippen molar-refractivity contribution in [1.29, 1.82) is 0 Å². The van der Waals surface area contributed by atoms with Crippen LogP contribution < -0.4 is 5.73 Å². The fourth-order valence-electron chi connectivity index (χ4n) is 1.87. The molecule has 0 bridgehead atoms. The van der Waals surface area contributed by atoms with E-state index in [4.69, 9.17) is 15.9 Å². The first-order valence-electron chi connectivity index (χ1n) is 4.14. The maximum Gasteiger partial charge on any atom is 0.323 e. The van der Waals surface area contributed by atoms with Gasteiger partial charge in [0, 0.05) is 0 Å². The van der Waals surface area contributed by atoms with Crippen molar-refractivity contribution in [3.63, 3.8) is 0 Å². The summed E-state index contributed by atoms with van der Waals surface area (Å²) in [6, 6.07) is 0. The zero-order valence-corrected chi connectivity index (χ0v) is 7.36. The Morgan fingerprint density at radius 1 is 1.46 bits per heavy atom. The van der Waals surface area contributed by atoms with Crippen molar-refractivity contribution < 1.29 is 19.8 Å². The normalized spacial score (nSPS) is 38.9. The highest BCUT2D eigenvalue weighted by Gasteiger charge is 2.51. The number of carboxylic acids is 2. The maximum absolute atomic E-state index is 10.8. The van der Waals surface area contributed by atoms with Gasteiger partial charge in [-0.1, -0.05) is 6.92 Å². The lowest BCUT2D eigenvalue weighted by Gasteiger charge is -2.25. The smallest absolute Gasteiger partial charge is 0.323 e. The number of nitrogens with two attached hydrogens (primary N) is 1. The Hall–Kier alpha value is -1.10. The zero-order chi connectivity index (χ0) is 10.2. The molecule has 0 aromatic heterocycles. The number of carbonyl (C=O) groups is 2. The number of hydrogen-bond acceptors (Lipinski definition) is 3. The quantitative estimate of drug-likeness (QED) is 0.560. The van der Waals surface area contributed by atoms with Gasteiger partial charge >= 0.3 is 11.9 Å². The van der Waals surface area contributed by atoms with E-state index in [2.05, 4.69) is 0 Å². The molecule has 1 aliphatic carbocycles. The van der Waals surface area contributed by atoms with E-state index >= 15 is 0 Å². The van der Waals surface area contributed by atoms with Crippen LogP contribution in [0, 0.1) is 11.8 Å². The molecule has 1 saturated carbocycles. The number of rotatable bonds is 2. The molecule has 0 radical (unpaired) electrons. The van der Waals surface area contributed by atoms with Crippen LogP contribution in [0.4, 0.5) is 0 Å². The summed E-state index contributed by atoms with van der Waals surface area (Å²) in [5.74, 6) is -3.20. The van der Waals surface area contributed by atoms with Crippen LogP contribution in [0.5, 0.6) is 0 Å². The molecular weight excluding hydrogens is 174 g/mol. The summed E-state index contributed by atoms with van der Waals surface area (Å²) in [7, 11) is 0. The Labute approximate surface area is 75.5 Å². The minimum absolute atomic E-state index is 0.237. The molecule has 0 heterocycles. The van der Waals surface area contributed by atoms with Gasteiger partial charge in [-0.15, -0.1) is 0 Å². The summed E-state index contributed by atoms with van der Waals surface area (Å²) >= 11 is 0. The van der Waals surface area contributed by atoms with Gasteiger partial charge < -0.3 is 15.9 Å². The minimum atomic E-state index is -1.36. The molecule has 1 rings (SSSR count). The average molecular weight is 187 g/mol. The fourth-order valence-corrected chi connectivity index (χ4v) is 1.87. The molecule has 5 heteroatoms. The second kappa shape index (κ2) is 2.99. The Bertz CT molecular complexity index is 253. The number of carboxylic acid groups (broad SMARTS) is 2. The molecule has 0 aliphatic heterocycles. The lowest BCUT2D eigenvalue weighted by Crippen LogP contribution is -2.51. The van der Waals surface area contributed by atoms with Crippen LogP contribution in [0.1, 0.15) is 19.8 Å².